The second kappa shape index (κ2) is 9.05. The molecular formula is C23H32ClN5O4S. The summed E-state index contributed by atoms with van der Waals surface area (Å²) in [5.41, 5.74) is 7.84. The van der Waals surface area contributed by atoms with Crippen molar-refractivity contribution in [2.45, 2.75) is 62.7 Å². The minimum absolute atomic E-state index is 0.0186. The van der Waals surface area contributed by atoms with E-state index >= 15 is 0 Å². The highest BCUT2D eigenvalue weighted by molar-refractivity contribution is 7.89. The Morgan fingerprint density at radius 3 is 2.71 bits per heavy atom. The molecule has 0 aliphatic carbocycles. The van der Waals surface area contributed by atoms with Crippen molar-refractivity contribution in [1.82, 2.24) is 14.5 Å². The lowest BCUT2D eigenvalue weighted by Crippen LogP contribution is -2.46. The Hall–Kier alpha value is -1.72. The van der Waals surface area contributed by atoms with Gasteiger partial charge < -0.3 is 16.0 Å². The lowest BCUT2D eigenvalue weighted by molar-refractivity contribution is -0.117. The second-order valence-corrected chi connectivity index (χ2v) is 12.6. The van der Waals surface area contributed by atoms with Gasteiger partial charge in [0.15, 0.2) is 0 Å². The van der Waals surface area contributed by atoms with Crippen LogP contribution in [0.1, 0.15) is 48.0 Å². The topological polar surface area (TPSA) is 116 Å². The largest absolute Gasteiger partial charge is 0.349 e. The molecule has 0 aromatic heterocycles. The number of carbonyl (C=O) groups is 2. The van der Waals surface area contributed by atoms with E-state index in [2.05, 4.69) is 10.2 Å². The molecule has 186 valence electrons. The van der Waals surface area contributed by atoms with Crippen LogP contribution in [-0.2, 0) is 21.2 Å². The predicted molar refractivity (Wildman–Crippen MR) is 131 cm³/mol. The van der Waals surface area contributed by atoms with Gasteiger partial charge >= 0.3 is 0 Å². The minimum atomic E-state index is -3.30. The summed E-state index contributed by atoms with van der Waals surface area (Å²) in [6.45, 7) is 1.95. The fourth-order valence-corrected chi connectivity index (χ4v) is 7.46. The molecule has 3 N–H and O–H groups in total. The summed E-state index contributed by atoms with van der Waals surface area (Å²) in [6.07, 6.45) is 3.81. The van der Waals surface area contributed by atoms with E-state index in [1.165, 1.54) is 0 Å². The van der Waals surface area contributed by atoms with Crippen molar-refractivity contribution in [2.24, 2.45) is 5.73 Å². The van der Waals surface area contributed by atoms with Crippen molar-refractivity contribution >= 4 is 39.1 Å². The molecular weight excluding hydrogens is 478 g/mol. The van der Waals surface area contributed by atoms with Gasteiger partial charge in [-0.1, -0.05) is 11.6 Å². The number of hydrogen-bond donors (Lipinski definition) is 2. The number of amides is 2. The molecule has 0 saturated carbocycles. The smallest absolute Gasteiger partial charge is 0.253 e. The van der Waals surface area contributed by atoms with Crippen LogP contribution in [-0.4, -0.2) is 86.0 Å². The van der Waals surface area contributed by atoms with Gasteiger partial charge in [-0.05, 0) is 49.8 Å². The maximum Gasteiger partial charge on any atom is 0.253 e. The lowest BCUT2D eigenvalue weighted by Gasteiger charge is -2.32. The van der Waals surface area contributed by atoms with Crippen LogP contribution in [0.25, 0.3) is 0 Å². The number of rotatable bonds is 6. The molecule has 4 aliphatic rings. The zero-order valence-electron chi connectivity index (χ0n) is 19.4. The summed E-state index contributed by atoms with van der Waals surface area (Å²) in [7, 11) is -1.60. The van der Waals surface area contributed by atoms with E-state index in [1.807, 2.05) is 0 Å². The van der Waals surface area contributed by atoms with Crippen LogP contribution in [0.4, 0.5) is 5.69 Å². The molecule has 2 amide bonds. The Labute approximate surface area is 205 Å². The molecule has 3 saturated heterocycles. The maximum atomic E-state index is 13.1. The molecule has 34 heavy (non-hydrogen) atoms. The Morgan fingerprint density at radius 2 is 1.97 bits per heavy atom. The molecule has 4 atom stereocenters. The predicted octanol–water partition coefficient (Wildman–Crippen LogP) is 0.947. The fraction of sp³-hybridized carbons (Fsp3) is 0.652. The third kappa shape index (κ3) is 4.70. The zero-order valence-corrected chi connectivity index (χ0v) is 20.9. The average Bonchev–Trinajstić information content (AvgIpc) is 3.52. The SMILES string of the molecule is CN1C(=O)Cc2cc(C(=O)N[C@H]3C[C@@H](CCS(=O)(=O)N4CCC(N)CC4)N4C[C@H]4C3)c(Cl)cc21. The van der Waals surface area contributed by atoms with Crippen LogP contribution < -0.4 is 16.0 Å². The average molecular weight is 510 g/mol. The Morgan fingerprint density at radius 1 is 1.24 bits per heavy atom. The number of nitrogens with one attached hydrogen (secondary N) is 1. The molecule has 1 aromatic carbocycles. The van der Waals surface area contributed by atoms with Crippen LogP contribution in [0, 0.1) is 0 Å². The monoisotopic (exact) mass is 509 g/mol. The van der Waals surface area contributed by atoms with Gasteiger partial charge in [0.2, 0.25) is 15.9 Å². The Kier molecular flexibility index (Phi) is 6.39. The number of halogens is 1. The van der Waals surface area contributed by atoms with Gasteiger partial charge in [-0.2, -0.15) is 0 Å². The standard InChI is InChI=1S/C23H32ClN5O4S/c1-27-21-12-20(24)19(8-14(21)9-22(27)30)23(31)26-16-10-17(29-13-18(29)11-16)4-7-34(32,33)28-5-2-15(25)3-6-28/h8,12,15-18H,2-7,9-11,13,25H2,1H3,(H,26,31)/t16-,17+,18+,29?/m0/s1. The zero-order chi connectivity index (χ0) is 24.2. The number of carbonyl (C=O) groups excluding carboxylic acids is 2. The van der Waals surface area contributed by atoms with Gasteiger partial charge in [0.1, 0.15) is 0 Å². The first kappa shape index (κ1) is 24.0. The normalized spacial score (nSPS) is 29.6. The first-order chi connectivity index (χ1) is 16.1. The highest BCUT2D eigenvalue weighted by Crippen LogP contribution is 2.37. The van der Waals surface area contributed by atoms with Gasteiger partial charge in [0, 0.05) is 56.5 Å². The van der Waals surface area contributed by atoms with E-state index < -0.39 is 10.0 Å². The van der Waals surface area contributed by atoms with Crippen LogP contribution in [0.2, 0.25) is 5.02 Å². The van der Waals surface area contributed by atoms with E-state index in [4.69, 9.17) is 17.3 Å². The maximum absolute atomic E-state index is 13.1. The summed E-state index contributed by atoms with van der Waals surface area (Å²) < 4.78 is 27.2. The van der Waals surface area contributed by atoms with Gasteiger partial charge in [-0.3, -0.25) is 14.5 Å². The van der Waals surface area contributed by atoms with Crippen molar-refractivity contribution in [3.8, 4) is 0 Å². The number of nitrogens with two attached hydrogens (primary N) is 1. The second-order valence-electron chi connectivity index (χ2n) is 10.1. The summed E-state index contributed by atoms with van der Waals surface area (Å²) in [6, 6.07) is 3.98. The van der Waals surface area contributed by atoms with Crippen LogP contribution in [0.3, 0.4) is 0 Å². The van der Waals surface area contributed by atoms with Gasteiger partial charge in [-0.15, -0.1) is 0 Å². The van der Waals surface area contributed by atoms with E-state index in [-0.39, 0.29) is 42.1 Å². The molecule has 5 rings (SSSR count). The third-order valence-electron chi connectivity index (χ3n) is 7.77. The number of sulfonamides is 1. The van der Waals surface area contributed by atoms with E-state index in [9.17, 15) is 18.0 Å². The minimum Gasteiger partial charge on any atom is -0.349 e. The van der Waals surface area contributed by atoms with E-state index in [0.29, 0.717) is 55.4 Å². The number of likely N-dealkylation sites (N-methyl/N-ethyl adjacent to an activating group) is 1. The lowest BCUT2D eigenvalue weighted by atomic mass is 9.96. The number of nitrogens with zero attached hydrogens (tertiary/aromatic N) is 3. The van der Waals surface area contributed by atoms with Crippen molar-refractivity contribution in [3.63, 3.8) is 0 Å². The van der Waals surface area contributed by atoms with Crippen molar-refractivity contribution in [3.05, 3.63) is 28.3 Å². The molecule has 9 nitrogen and oxygen atoms in total. The summed E-state index contributed by atoms with van der Waals surface area (Å²) in [5.74, 6) is -0.144. The number of benzene rings is 1. The molecule has 11 heteroatoms. The molecule has 4 aliphatic heterocycles. The summed E-state index contributed by atoms with van der Waals surface area (Å²) in [5, 5.41) is 3.44. The molecule has 4 heterocycles. The summed E-state index contributed by atoms with van der Waals surface area (Å²) in [4.78, 5) is 28.9. The van der Waals surface area contributed by atoms with Crippen LogP contribution >= 0.6 is 11.6 Å². The molecule has 1 unspecified atom stereocenters. The number of hydrogen-bond acceptors (Lipinski definition) is 6. The van der Waals surface area contributed by atoms with Crippen molar-refractivity contribution < 1.29 is 18.0 Å². The fourth-order valence-electron chi connectivity index (χ4n) is 5.63. The number of piperidine rings is 2. The molecule has 0 bridgehead atoms. The molecule has 0 spiro atoms. The Bertz CT molecular complexity index is 1100. The number of fused-ring (bicyclic) bond motifs is 2. The van der Waals surface area contributed by atoms with Crippen LogP contribution in [0.15, 0.2) is 12.1 Å². The molecule has 0 radical (unpaired) electrons. The third-order valence-corrected chi connectivity index (χ3v) is 9.98. The highest BCUT2D eigenvalue weighted by Gasteiger charge is 2.46. The first-order valence-electron chi connectivity index (χ1n) is 12.0. The van der Waals surface area contributed by atoms with Crippen molar-refractivity contribution in [1.29, 1.82) is 0 Å². The first-order valence-corrected chi connectivity index (χ1v) is 14.0. The van der Waals surface area contributed by atoms with Gasteiger partial charge in [0.25, 0.3) is 5.91 Å². The van der Waals surface area contributed by atoms with Gasteiger partial charge in [-0.25, -0.2) is 12.7 Å². The highest BCUT2D eigenvalue weighted by atomic mass is 35.5. The number of anilines is 1. The summed E-state index contributed by atoms with van der Waals surface area (Å²) >= 11 is 6.40. The van der Waals surface area contributed by atoms with Crippen LogP contribution in [0.5, 0.6) is 0 Å². The van der Waals surface area contributed by atoms with E-state index in [0.717, 1.165) is 24.2 Å². The van der Waals surface area contributed by atoms with Gasteiger partial charge in [0.05, 0.1) is 22.8 Å². The van der Waals surface area contributed by atoms with Crippen molar-refractivity contribution in [2.75, 3.05) is 37.3 Å². The quantitative estimate of drug-likeness (QED) is 0.551. The van der Waals surface area contributed by atoms with E-state index in [1.54, 1.807) is 28.4 Å². The molecule has 3 fully saturated rings. The Balaban J connectivity index is 1.20. The molecule has 1 aromatic rings.